The lowest BCUT2D eigenvalue weighted by Gasteiger charge is -2.10. The Bertz CT molecular complexity index is 1140. The van der Waals surface area contributed by atoms with E-state index in [1.807, 2.05) is 24.4 Å². The van der Waals surface area contributed by atoms with Gasteiger partial charge in [0.05, 0.1) is 19.0 Å². The number of hydrogen-bond acceptors (Lipinski definition) is 6. The topological polar surface area (TPSA) is 77.2 Å². The largest absolute Gasteiger partial charge is 0.481 e. The summed E-state index contributed by atoms with van der Waals surface area (Å²) in [4.78, 5) is 12.8. The molecule has 0 fully saturated rings. The predicted octanol–water partition coefficient (Wildman–Crippen LogP) is 4.42. The molecule has 4 aromatic heterocycles. The Morgan fingerprint density at radius 1 is 1.21 bits per heavy atom. The minimum absolute atomic E-state index is 0.293. The molecule has 1 N–H and O–H groups in total. The highest BCUT2D eigenvalue weighted by molar-refractivity contribution is 5.75. The number of anilines is 2. The Labute approximate surface area is 167 Å². The molecular formula is C21H21FN6O. The van der Waals surface area contributed by atoms with Crippen LogP contribution in [0, 0.1) is 5.82 Å². The van der Waals surface area contributed by atoms with E-state index >= 15 is 0 Å². The zero-order chi connectivity index (χ0) is 20.2. The maximum Gasteiger partial charge on any atom is 0.213 e. The molecular weight excluding hydrogens is 371 g/mol. The summed E-state index contributed by atoms with van der Waals surface area (Å²) in [6.07, 6.45) is 7.79. The van der Waals surface area contributed by atoms with Gasteiger partial charge in [-0.3, -0.25) is 4.98 Å². The van der Waals surface area contributed by atoms with Crippen molar-refractivity contribution in [3.05, 3.63) is 60.3 Å². The smallest absolute Gasteiger partial charge is 0.213 e. The molecule has 0 aliphatic rings. The molecule has 4 rings (SSSR count). The molecule has 0 spiro atoms. The number of pyridine rings is 2. The van der Waals surface area contributed by atoms with Gasteiger partial charge in [0, 0.05) is 18.5 Å². The van der Waals surface area contributed by atoms with Gasteiger partial charge in [-0.25, -0.2) is 18.9 Å². The fourth-order valence-electron chi connectivity index (χ4n) is 3.03. The predicted molar refractivity (Wildman–Crippen MR) is 109 cm³/mol. The van der Waals surface area contributed by atoms with Crippen LogP contribution in [0.4, 0.5) is 15.9 Å². The van der Waals surface area contributed by atoms with Crippen LogP contribution in [-0.4, -0.2) is 31.7 Å². The van der Waals surface area contributed by atoms with Gasteiger partial charge < -0.3 is 10.1 Å². The van der Waals surface area contributed by atoms with E-state index in [-0.39, 0.29) is 0 Å². The molecule has 0 radical (unpaired) electrons. The summed E-state index contributed by atoms with van der Waals surface area (Å²) < 4.78 is 21.1. The van der Waals surface area contributed by atoms with Crippen molar-refractivity contribution in [2.45, 2.75) is 26.2 Å². The summed E-state index contributed by atoms with van der Waals surface area (Å²) in [5.74, 6) is 0.915. The fourth-order valence-corrected chi connectivity index (χ4v) is 3.03. The molecule has 148 valence electrons. The Kier molecular flexibility index (Phi) is 5.33. The Morgan fingerprint density at radius 3 is 2.90 bits per heavy atom. The third-order valence-corrected chi connectivity index (χ3v) is 4.53. The van der Waals surface area contributed by atoms with Crippen LogP contribution in [0.15, 0.2) is 48.9 Å². The summed E-state index contributed by atoms with van der Waals surface area (Å²) in [7, 11) is 1.56. The van der Waals surface area contributed by atoms with E-state index in [9.17, 15) is 4.39 Å². The summed E-state index contributed by atoms with van der Waals surface area (Å²) >= 11 is 0. The average molecular weight is 392 g/mol. The Balaban J connectivity index is 1.83. The number of nitrogens with one attached hydrogen (secondary N) is 1. The molecule has 7 nitrogen and oxygen atoms in total. The van der Waals surface area contributed by atoms with E-state index in [2.05, 4.69) is 32.3 Å². The first kappa shape index (κ1) is 18.8. The molecule has 4 aromatic rings. The van der Waals surface area contributed by atoms with Crippen LogP contribution in [0.2, 0.25) is 0 Å². The maximum atomic E-state index is 14.2. The molecule has 0 bridgehead atoms. The van der Waals surface area contributed by atoms with Gasteiger partial charge in [-0.2, -0.15) is 0 Å². The molecule has 0 aliphatic carbocycles. The van der Waals surface area contributed by atoms with E-state index in [4.69, 9.17) is 4.74 Å². The number of ether oxygens (including phenoxy) is 1. The van der Waals surface area contributed by atoms with Gasteiger partial charge in [0.15, 0.2) is 11.6 Å². The second kappa shape index (κ2) is 8.22. The Hall–Kier alpha value is -3.55. The van der Waals surface area contributed by atoms with Crippen LogP contribution < -0.4 is 10.1 Å². The third-order valence-electron chi connectivity index (χ3n) is 4.53. The highest BCUT2D eigenvalue weighted by Crippen LogP contribution is 2.26. The van der Waals surface area contributed by atoms with Crippen LogP contribution in [0.25, 0.3) is 17.0 Å². The minimum atomic E-state index is -0.455. The molecule has 29 heavy (non-hydrogen) atoms. The molecule has 0 aliphatic heterocycles. The number of unbranched alkanes of at least 4 members (excludes halogenated alkanes) is 1. The van der Waals surface area contributed by atoms with Crippen molar-refractivity contribution < 1.29 is 9.13 Å². The summed E-state index contributed by atoms with van der Waals surface area (Å²) in [5, 5.41) is 7.69. The third kappa shape index (κ3) is 4.01. The molecule has 0 amide bonds. The lowest BCUT2D eigenvalue weighted by molar-refractivity contribution is 0.398. The van der Waals surface area contributed by atoms with Crippen LogP contribution in [0.3, 0.4) is 0 Å². The van der Waals surface area contributed by atoms with Gasteiger partial charge in [-0.15, -0.1) is 5.10 Å². The quantitative estimate of drug-likeness (QED) is 0.502. The molecule has 0 saturated carbocycles. The first-order valence-electron chi connectivity index (χ1n) is 9.45. The highest BCUT2D eigenvalue weighted by Gasteiger charge is 2.14. The van der Waals surface area contributed by atoms with Crippen molar-refractivity contribution in [3.63, 3.8) is 0 Å². The second-order valence-electron chi connectivity index (χ2n) is 6.61. The number of hydrogen-bond donors (Lipinski definition) is 1. The molecule has 0 saturated heterocycles. The maximum absolute atomic E-state index is 14.2. The van der Waals surface area contributed by atoms with Gasteiger partial charge in [-0.1, -0.05) is 19.4 Å². The summed E-state index contributed by atoms with van der Waals surface area (Å²) in [5.41, 5.74) is 2.77. The number of rotatable bonds is 7. The number of aryl methyl sites for hydroxylation is 1. The van der Waals surface area contributed by atoms with Crippen molar-refractivity contribution in [3.8, 4) is 17.4 Å². The monoisotopic (exact) mass is 392 g/mol. The van der Waals surface area contributed by atoms with Crippen LogP contribution in [0.1, 0.15) is 25.3 Å². The summed E-state index contributed by atoms with van der Waals surface area (Å²) in [6, 6.07) is 8.99. The minimum Gasteiger partial charge on any atom is -0.481 e. The standard InChI is InChI=1S/C21H21FN6O/c1-3-4-6-14-11-18-21(25-16-9-10-23-12-15(16)22)26-20(27-28(18)13-14)17-7-5-8-19(24-17)29-2/h5,7-13H,3-4,6H2,1-2H3,(H,23,25,26,27). The SMILES string of the molecule is CCCCc1cc2c(Nc3ccncc3F)nc(-c3cccc(OC)n3)nn2c1. The summed E-state index contributed by atoms with van der Waals surface area (Å²) in [6.45, 7) is 2.15. The highest BCUT2D eigenvalue weighted by atomic mass is 19.1. The molecule has 0 atom stereocenters. The first-order valence-corrected chi connectivity index (χ1v) is 9.45. The van der Waals surface area contributed by atoms with E-state index in [0.717, 1.165) is 36.5 Å². The second-order valence-corrected chi connectivity index (χ2v) is 6.61. The fraction of sp³-hybridized carbons (Fsp3) is 0.238. The van der Waals surface area contributed by atoms with Gasteiger partial charge in [-0.05, 0) is 36.6 Å². The van der Waals surface area contributed by atoms with Crippen molar-refractivity contribution in [2.24, 2.45) is 0 Å². The lowest BCUT2D eigenvalue weighted by Crippen LogP contribution is -2.05. The normalized spacial score (nSPS) is 11.0. The van der Waals surface area contributed by atoms with Crippen LogP contribution in [-0.2, 0) is 6.42 Å². The zero-order valence-corrected chi connectivity index (χ0v) is 16.3. The molecule has 0 aromatic carbocycles. The molecule has 0 unspecified atom stereocenters. The van der Waals surface area contributed by atoms with E-state index in [1.165, 1.54) is 6.20 Å². The first-order chi connectivity index (χ1) is 14.2. The van der Waals surface area contributed by atoms with Crippen molar-refractivity contribution >= 4 is 17.0 Å². The van der Waals surface area contributed by atoms with Crippen LogP contribution in [0.5, 0.6) is 5.88 Å². The van der Waals surface area contributed by atoms with Crippen molar-refractivity contribution in [2.75, 3.05) is 12.4 Å². The number of aromatic nitrogens is 5. The molecule has 8 heteroatoms. The van der Waals surface area contributed by atoms with Gasteiger partial charge in [0.2, 0.25) is 11.7 Å². The van der Waals surface area contributed by atoms with E-state index in [1.54, 1.807) is 23.8 Å². The number of methoxy groups -OCH3 is 1. The van der Waals surface area contributed by atoms with E-state index < -0.39 is 5.82 Å². The van der Waals surface area contributed by atoms with Crippen molar-refractivity contribution in [1.82, 2.24) is 24.6 Å². The van der Waals surface area contributed by atoms with Crippen LogP contribution >= 0.6 is 0 Å². The van der Waals surface area contributed by atoms with Crippen molar-refractivity contribution in [1.29, 1.82) is 0 Å². The average Bonchev–Trinajstić information content (AvgIpc) is 3.17. The van der Waals surface area contributed by atoms with Gasteiger partial charge >= 0.3 is 0 Å². The number of fused-ring (bicyclic) bond motifs is 1. The lowest BCUT2D eigenvalue weighted by atomic mass is 10.1. The zero-order valence-electron chi connectivity index (χ0n) is 16.3. The van der Waals surface area contributed by atoms with E-state index in [0.29, 0.717) is 28.9 Å². The van der Waals surface area contributed by atoms with Gasteiger partial charge in [0.25, 0.3) is 0 Å². The number of halogens is 1. The Morgan fingerprint density at radius 2 is 2.10 bits per heavy atom. The van der Waals surface area contributed by atoms with Gasteiger partial charge in [0.1, 0.15) is 11.2 Å². The molecule has 4 heterocycles. The number of nitrogens with zero attached hydrogens (tertiary/aromatic N) is 5.